The zero-order valence-electron chi connectivity index (χ0n) is 14.2. The molecule has 0 aliphatic rings. The molecule has 1 aromatic heterocycles. The van der Waals surface area contributed by atoms with E-state index in [2.05, 4.69) is 16.4 Å². The minimum Gasteiger partial charge on any atom is -0.497 e. The quantitative estimate of drug-likeness (QED) is 0.759. The molecule has 1 N–H and O–H groups in total. The van der Waals surface area contributed by atoms with E-state index in [0.29, 0.717) is 5.13 Å². The van der Waals surface area contributed by atoms with Crippen molar-refractivity contribution in [3.8, 4) is 5.75 Å². The first-order valence-electron chi connectivity index (χ1n) is 7.73. The Morgan fingerprint density at radius 2 is 1.88 bits per heavy atom. The van der Waals surface area contributed by atoms with Gasteiger partial charge < -0.3 is 10.1 Å². The number of rotatable bonds is 4. The lowest BCUT2D eigenvalue weighted by atomic mass is 9.84. The molecule has 1 amide bonds. The van der Waals surface area contributed by atoms with Gasteiger partial charge in [-0.2, -0.15) is 0 Å². The number of methoxy groups -OCH3 is 1. The van der Waals surface area contributed by atoms with E-state index < -0.39 is 5.41 Å². The molecule has 124 valence electrons. The van der Waals surface area contributed by atoms with Crippen LogP contribution < -0.4 is 10.1 Å². The summed E-state index contributed by atoms with van der Waals surface area (Å²) in [6.07, 6.45) is 0. The number of anilines is 1. The van der Waals surface area contributed by atoms with E-state index in [-0.39, 0.29) is 5.91 Å². The minimum atomic E-state index is -0.667. The lowest BCUT2D eigenvalue weighted by Gasteiger charge is -2.23. The Hall–Kier alpha value is -2.40. The molecule has 24 heavy (non-hydrogen) atoms. The highest BCUT2D eigenvalue weighted by Crippen LogP contribution is 2.30. The van der Waals surface area contributed by atoms with E-state index in [1.807, 2.05) is 57.2 Å². The number of fused-ring (bicyclic) bond motifs is 1. The Kier molecular flexibility index (Phi) is 4.28. The topological polar surface area (TPSA) is 51.2 Å². The summed E-state index contributed by atoms with van der Waals surface area (Å²) in [5.74, 6) is 0.694. The van der Waals surface area contributed by atoms with Crippen molar-refractivity contribution in [2.75, 3.05) is 12.4 Å². The number of ether oxygens (including phenoxy) is 1. The number of aromatic nitrogens is 1. The molecule has 1 heterocycles. The van der Waals surface area contributed by atoms with Gasteiger partial charge in [-0.1, -0.05) is 29.5 Å². The molecule has 5 heteroatoms. The number of hydrogen-bond donors (Lipinski definition) is 1. The molecule has 0 spiro atoms. The number of nitrogens with one attached hydrogen (secondary N) is 1. The van der Waals surface area contributed by atoms with Crippen LogP contribution in [0.3, 0.4) is 0 Å². The minimum absolute atomic E-state index is 0.0801. The van der Waals surface area contributed by atoms with E-state index in [0.717, 1.165) is 21.5 Å². The molecule has 0 unspecified atom stereocenters. The molecule has 0 bridgehead atoms. The molecule has 3 aromatic rings. The number of thiazole rings is 1. The zero-order chi connectivity index (χ0) is 17.3. The van der Waals surface area contributed by atoms with Crippen molar-refractivity contribution in [2.45, 2.75) is 26.2 Å². The summed E-state index contributed by atoms with van der Waals surface area (Å²) in [6.45, 7) is 5.85. The maximum atomic E-state index is 12.8. The highest BCUT2D eigenvalue weighted by molar-refractivity contribution is 7.22. The van der Waals surface area contributed by atoms with Crippen molar-refractivity contribution >= 4 is 32.6 Å². The number of hydrogen-bond acceptors (Lipinski definition) is 4. The van der Waals surface area contributed by atoms with Crippen molar-refractivity contribution in [1.82, 2.24) is 4.98 Å². The molecule has 0 aliphatic heterocycles. The van der Waals surface area contributed by atoms with Gasteiger partial charge in [0.25, 0.3) is 0 Å². The van der Waals surface area contributed by atoms with Crippen molar-refractivity contribution < 1.29 is 9.53 Å². The molecule has 3 rings (SSSR count). The van der Waals surface area contributed by atoms with Gasteiger partial charge >= 0.3 is 0 Å². The fourth-order valence-electron chi connectivity index (χ4n) is 2.48. The molecule has 2 aromatic carbocycles. The second kappa shape index (κ2) is 6.24. The molecular formula is C19H20N2O2S. The van der Waals surface area contributed by atoms with Gasteiger partial charge in [-0.15, -0.1) is 0 Å². The van der Waals surface area contributed by atoms with Gasteiger partial charge in [0, 0.05) is 0 Å². The van der Waals surface area contributed by atoms with Gasteiger partial charge in [0.1, 0.15) is 5.75 Å². The van der Waals surface area contributed by atoms with Crippen molar-refractivity contribution in [3.63, 3.8) is 0 Å². The number of nitrogens with zero attached hydrogens (tertiary/aromatic N) is 1. The summed E-state index contributed by atoms with van der Waals surface area (Å²) in [7, 11) is 1.63. The van der Waals surface area contributed by atoms with Crippen LogP contribution in [0.1, 0.15) is 25.0 Å². The van der Waals surface area contributed by atoms with E-state index in [1.54, 1.807) is 7.11 Å². The van der Waals surface area contributed by atoms with Crippen LogP contribution in [-0.2, 0) is 10.2 Å². The lowest BCUT2D eigenvalue weighted by molar-refractivity contribution is -0.120. The first-order valence-corrected chi connectivity index (χ1v) is 8.55. The molecule has 0 radical (unpaired) electrons. The summed E-state index contributed by atoms with van der Waals surface area (Å²) < 4.78 is 6.25. The molecule has 0 saturated carbocycles. The highest BCUT2D eigenvalue weighted by Gasteiger charge is 2.30. The van der Waals surface area contributed by atoms with Gasteiger partial charge in [0.15, 0.2) is 5.13 Å². The number of benzene rings is 2. The Balaban J connectivity index is 1.83. The molecule has 0 atom stereocenters. The van der Waals surface area contributed by atoms with E-state index in [9.17, 15) is 4.79 Å². The Labute approximate surface area is 145 Å². The van der Waals surface area contributed by atoms with Crippen LogP contribution in [-0.4, -0.2) is 18.0 Å². The molecule has 0 saturated heterocycles. The largest absolute Gasteiger partial charge is 0.497 e. The standard InChI is InChI=1S/C19H20N2O2S/c1-12-5-10-15-16(11-12)24-18(20-15)21-17(22)19(2,3)13-6-8-14(23-4)9-7-13/h5-11H,1-4H3,(H,20,21,22). The predicted octanol–water partition coefficient (Wildman–Crippen LogP) is 4.53. The second-order valence-corrected chi connectivity index (χ2v) is 7.33. The molecule has 4 nitrogen and oxygen atoms in total. The van der Waals surface area contributed by atoms with Crippen LogP contribution in [0, 0.1) is 6.92 Å². The van der Waals surface area contributed by atoms with Gasteiger partial charge in [-0.3, -0.25) is 4.79 Å². The van der Waals surface area contributed by atoms with Crippen molar-refractivity contribution in [2.24, 2.45) is 0 Å². The lowest BCUT2D eigenvalue weighted by Crippen LogP contribution is -2.34. The normalized spacial score (nSPS) is 11.5. The SMILES string of the molecule is COc1ccc(C(C)(C)C(=O)Nc2nc3ccc(C)cc3s2)cc1. The zero-order valence-corrected chi connectivity index (χ0v) is 15.0. The number of carbonyl (C=O) groups excluding carboxylic acids is 1. The van der Waals surface area contributed by atoms with Gasteiger partial charge in [-0.25, -0.2) is 4.98 Å². The number of aryl methyl sites for hydroxylation is 1. The van der Waals surface area contributed by atoms with Gasteiger partial charge in [0.2, 0.25) is 5.91 Å². The number of amides is 1. The third kappa shape index (κ3) is 3.12. The predicted molar refractivity (Wildman–Crippen MR) is 99.0 cm³/mol. The average molecular weight is 340 g/mol. The second-order valence-electron chi connectivity index (χ2n) is 6.30. The van der Waals surface area contributed by atoms with Crippen LogP contribution >= 0.6 is 11.3 Å². The van der Waals surface area contributed by atoms with Crippen LogP contribution in [0.4, 0.5) is 5.13 Å². The van der Waals surface area contributed by atoms with E-state index in [1.165, 1.54) is 16.9 Å². The maximum absolute atomic E-state index is 12.8. The summed E-state index contributed by atoms with van der Waals surface area (Å²) >= 11 is 1.49. The van der Waals surface area contributed by atoms with Crippen molar-refractivity contribution in [3.05, 3.63) is 53.6 Å². The molecule has 0 aliphatic carbocycles. The Morgan fingerprint density at radius 3 is 2.54 bits per heavy atom. The maximum Gasteiger partial charge on any atom is 0.236 e. The van der Waals surface area contributed by atoms with Gasteiger partial charge in [0.05, 0.1) is 22.7 Å². The summed E-state index contributed by atoms with van der Waals surface area (Å²) in [6, 6.07) is 13.6. The Morgan fingerprint density at radius 1 is 1.17 bits per heavy atom. The fourth-order valence-corrected chi connectivity index (χ4v) is 3.44. The average Bonchev–Trinajstić information content (AvgIpc) is 2.96. The number of carbonyl (C=O) groups is 1. The summed E-state index contributed by atoms with van der Waals surface area (Å²) in [4.78, 5) is 17.3. The van der Waals surface area contributed by atoms with Crippen molar-refractivity contribution in [1.29, 1.82) is 0 Å². The third-order valence-corrected chi connectivity index (χ3v) is 5.08. The van der Waals surface area contributed by atoms with E-state index >= 15 is 0 Å². The first kappa shape index (κ1) is 16.5. The monoisotopic (exact) mass is 340 g/mol. The Bertz CT molecular complexity index is 882. The fraction of sp³-hybridized carbons (Fsp3) is 0.263. The van der Waals surface area contributed by atoms with Crippen LogP contribution in [0.5, 0.6) is 5.75 Å². The smallest absolute Gasteiger partial charge is 0.236 e. The highest BCUT2D eigenvalue weighted by atomic mass is 32.1. The summed E-state index contributed by atoms with van der Waals surface area (Å²) in [5, 5.41) is 3.58. The molecule has 0 fully saturated rings. The van der Waals surface area contributed by atoms with Crippen LogP contribution in [0.25, 0.3) is 10.2 Å². The van der Waals surface area contributed by atoms with E-state index in [4.69, 9.17) is 4.74 Å². The van der Waals surface area contributed by atoms with Crippen LogP contribution in [0.2, 0.25) is 0 Å². The molecular weight excluding hydrogens is 320 g/mol. The van der Waals surface area contributed by atoms with Gasteiger partial charge in [-0.05, 0) is 56.2 Å². The summed E-state index contributed by atoms with van der Waals surface area (Å²) in [5.41, 5.74) is 2.35. The van der Waals surface area contributed by atoms with Crippen LogP contribution in [0.15, 0.2) is 42.5 Å². The first-order chi connectivity index (χ1) is 11.4. The third-order valence-electron chi connectivity index (χ3n) is 4.14.